The van der Waals surface area contributed by atoms with Crippen molar-refractivity contribution < 1.29 is 9.53 Å². The minimum Gasteiger partial charge on any atom is -0.463 e. The number of ether oxygens (including phenoxy) is 1. The summed E-state index contributed by atoms with van der Waals surface area (Å²) < 4.78 is 4.92. The van der Waals surface area contributed by atoms with Gasteiger partial charge in [-0.15, -0.1) is 0 Å². The molecule has 0 unspecified atom stereocenters. The lowest BCUT2D eigenvalue weighted by Gasteiger charge is -2.05. The number of hydrogen-bond donors (Lipinski definition) is 0. The average molecular weight is 191 g/mol. The van der Waals surface area contributed by atoms with E-state index in [2.05, 4.69) is 0 Å². The largest absolute Gasteiger partial charge is 0.463 e. The normalized spacial score (nSPS) is 11.9. The van der Waals surface area contributed by atoms with E-state index in [1.165, 1.54) is 0 Å². The number of halogens is 1. The molecule has 0 N–H and O–H groups in total. The second-order valence-corrected chi connectivity index (χ2v) is 3.46. The van der Waals surface area contributed by atoms with Gasteiger partial charge in [-0.25, -0.2) is 0 Å². The van der Waals surface area contributed by atoms with Crippen LogP contribution in [0.5, 0.6) is 0 Å². The third kappa shape index (κ3) is 7.61. The molecule has 0 aromatic rings. The molecule has 0 fully saturated rings. The number of hydrogen-bond acceptors (Lipinski definition) is 2. The summed E-state index contributed by atoms with van der Waals surface area (Å²) in [5.41, 5.74) is 0. The number of carbonyl (C=O) groups excluding carboxylic acids is 1. The van der Waals surface area contributed by atoms with Crippen molar-refractivity contribution >= 4 is 17.6 Å². The summed E-state index contributed by atoms with van der Waals surface area (Å²) in [6.07, 6.45) is 2.84. The molecular weight excluding hydrogens is 176 g/mol. The second kappa shape index (κ2) is 6.06. The van der Waals surface area contributed by atoms with Crippen molar-refractivity contribution in [3.63, 3.8) is 0 Å². The van der Waals surface area contributed by atoms with E-state index in [1.54, 1.807) is 6.92 Å². The molecule has 0 aliphatic carbocycles. The molecule has 70 valence electrons. The predicted octanol–water partition coefficient (Wildman–Crippen LogP) is 2.86. The van der Waals surface area contributed by atoms with Gasteiger partial charge in [-0.1, -0.05) is 17.7 Å². The van der Waals surface area contributed by atoms with Crippen molar-refractivity contribution in [3.8, 4) is 0 Å². The summed E-state index contributed by atoms with van der Waals surface area (Å²) in [5, 5.41) is 0.715. The maximum absolute atomic E-state index is 10.9. The van der Waals surface area contributed by atoms with Crippen LogP contribution in [0.25, 0.3) is 0 Å². The van der Waals surface area contributed by atoms with Gasteiger partial charge in [0.05, 0.1) is 6.10 Å². The van der Waals surface area contributed by atoms with Crippen LogP contribution < -0.4 is 0 Å². The Bertz CT molecular complexity index is 169. The first-order valence-corrected chi connectivity index (χ1v) is 4.42. The molecule has 0 aliphatic rings. The zero-order chi connectivity index (χ0) is 9.56. The maximum Gasteiger partial charge on any atom is 0.306 e. The van der Waals surface area contributed by atoms with E-state index in [4.69, 9.17) is 16.3 Å². The number of rotatable bonds is 4. The van der Waals surface area contributed by atoms with Gasteiger partial charge in [0.15, 0.2) is 0 Å². The van der Waals surface area contributed by atoms with Gasteiger partial charge in [0.1, 0.15) is 0 Å². The Morgan fingerprint density at radius 3 is 2.58 bits per heavy atom. The summed E-state index contributed by atoms with van der Waals surface area (Å²) >= 11 is 5.58. The molecule has 0 saturated carbocycles. The van der Waals surface area contributed by atoms with E-state index in [1.807, 2.05) is 19.9 Å². The lowest BCUT2D eigenvalue weighted by molar-refractivity contribution is -0.147. The highest BCUT2D eigenvalue weighted by Gasteiger charge is 2.02. The topological polar surface area (TPSA) is 26.3 Å². The Morgan fingerprint density at radius 2 is 2.17 bits per heavy atom. The minimum atomic E-state index is -0.167. The van der Waals surface area contributed by atoms with Crippen LogP contribution in [0.15, 0.2) is 11.1 Å². The molecule has 12 heavy (non-hydrogen) atoms. The first-order valence-electron chi connectivity index (χ1n) is 4.04. The van der Waals surface area contributed by atoms with Crippen LogP contribution >= 0.6 is 11.6 Å². The Balaban J connectivity index is 3.51. The van der Waals surface area contributed by atoms with E-state index < -0.39 is 0 Å². The van der Waals surface area contributed by atoms with Crippen LogP contribution in [0.3, 0.4) is 0 Å². The molecule has 0 saturated heterocycles. The molecular formula is C9H15ClO2. The highest BCUT2D eigenvalue weighted by molar-refractivity contribution is 6.29. The lowest BCUT2D eigenvalue weighted by Crippen LogP contribution is -2.10. The Labute approximate surface area is 78.5 Å². The summed E-state index contributed by atoms with van der Waals surface area (Å²) in [6, 6.07) is 0. The molecule has 0 rings (SSSR count). The van der Waals surface area contributed by atoms with E-state index in [-0.39, 0.29) is 12.1 Å². The van der Waals surface area contributed by atoms with Crippen LogP contribution in [0, 0.1) is 0 Å². The molecule has 3 heteroatoms. The van der Waals surface area contributed by atoms with Crippen LogP contribution in [0.4, 0.5) is 0 Å². The van der Waals surface area contributed by atoms with Gasteiger partial charge < -0.3 is 4.74 Å². The smallest absolute Gasteiger partial charge is 0.306 e. The van der Waals surface area contributed by atoms with Crippen LogP contribution in [-0.2, 0) is 9.53 Å². The molecule has 0 aromatic heterocycles. The fourth-order valence-electron chi connectivity index (χ4n) is 0.711. The molecule has 0 atom stereocenters. The Morgan fingerprint density at radius 1 is 1.58 bits per heavy atom. The second-order valence-electron chi connectivity index (χ2n) is 2.87. The average Bonchev–Trinajstić information content (AvgIpc) is 1.84. The minimum absolute atomic E-state index is 0.0291. The summed E-state index contributed by atoms with van der Waals surface area (Å²) in [6.45, 7) is 5.45. The monoisotopic (exact) mass is 190 g/mol. The number of esters is 1. The molecule has 0 aliphatic heterocycles. The van der Waals surface area contributed by atoms with Gasteiger partial charge in [0.2, 0.25) is 0 Å². The van der Waals surface area contributed by atoms with Crippen molar-refractivity contribution in [1.82, 2.24) is 0 Å². The van der Waals surface area contributed by atoms with Crippen molar-refractivity contribution in [2.24, 2.45) is 0 Å². The van der Waals surface area contributed by atoms with E-state index in [0.29, 0.717) is 17.9 Å². The van der Waals surface area contributed by atoms with Gasteiger partial charge >= 0.3 is 5.97 Å². The molecule has 0 heterocycles. The SMILES string of the molecule is CC(Cl)=CCCC(=O)OC(C)C. The first-order chi connectivity index (χ1) is 5.52. The molecule has 2 nitrogen and oxygen atoms in total. The zero-order valence-corrected chi connectivity index (χ0v) is 8.52. The standard InChI is InChI=1S/C9H15ClO2/c1-7(2)12-9(11)6-4-5-8(3)10/h5,7H,4,6H2,1-3H3. The third-order valence-corrected chi connectivity index (χ3v) is 1.30. The van der Waals surface area contributed by atoms with E-state index >= 15 is 0 Å². The van der Waals surface area contributed by atoms with Crippen LogP contribution in [-0.4, -0.2) is 12.1 Å². The molecule has 0 amide bonds. The molecule has 0 aromatic carbocycles. The van der Waals surface area contributed by atoms with Crippen LogP contribution in [0.2, 0.25) is 0 Å². The summed E-state index contributed by atoms with van der Waals surface area (Å²) in [5.74, 6) is -0.167. The third-order valence-electron chi connectivity index (χ3n) is 1.14. The Hall–Kier alpha value is -0.500. The van der Waals surface area contributed by atoms with Gasteiger partial charge in [-0.05, 0) is 27.2 Å². The highest BCUT2D eigenvalue weighted by Crippen LogP contribution is 2.03. The fraction of sp³-hybridized carbons (Fsp3) is 0.667. The lowest BCUT2D eigenvalue weighted by atomic mass is 10.3. The summed E-state index contributed by atoms with van der Waals surface area (Å²) in [4.78, 5) is 10.9. The number of carbonyl (C=O) groups is 1. The van der Waals surface area contributed by atoms with Crippen molar-refractivity contribution in [2.75, 3.05) is 0 Å². The predicted molar refractivity (Wildman–Crippen MR) is 50.1 cm³/mol. The molecule has 0 radical (unpaired) electrons. The molecule has 0 spiro atoms. The van der Waals surface area contributed by atoms with Crippen molar-refractivity contribution in [2.45, 2.75) is 39.7 Å². The van der Waals surface area contributed by atoms with E-state index in [0.717, 1.165) is 0 Å². The first kappa shape index (κ1) is 11.5. The van der Waals surface area contributed by atoms with Crippen molar-refractivity contribution in [1.29, 1.82) is 0 Å². The summed E-state index contributed by atoms with van der Waals surface area (Å²) in [7, 11) is 0. The number of allylic oxidation sites excluding steroid dienone is 2. The quantitative estimate of drug-likeness (QED) is 0.638. The zero-order valence-electron chi connectivity index (χ0n) is 7.76. The molecule has 0 bridgehead atoms. The van der Waals surface area contributed by atoms with Gasteiger partial charge in [0, 0.05) is 11.5 Å². The fourth-order valence-corrected chi connectivity index (χ4v) is 0.820. The highest BCUT2D eigenvalue weighted by atomic mass is 35.5. The maximum atomic E-state index is 10.9. The van der Waals surface area contributed by atoms with Crippen LogP contribution in [0.1, 0.15) is 33.6 Å². The van der Waals surface area contributed by atoms with E-state index in [9.17, 15) is 4.79 Å². The van der Waals surface area contributed by atoms with Gasteiger partial charge in [0.25, 0.3) is 0 Å². The van der Waals surface area contributed by atoms with Gasteiger partial charge in [-0.2, -0.15) is 0 Å². The Kier molecular flexibility index (Phi) is 5.81. The van der Waals surface area contributed by atoms with Crippen molar-refractivity contribution in [3.05, 3.63) is 11.1 Å². The van der Waals surface area contributed by atoms with Gasteiger partial charge in [-0.3, -0.25) is 4.79 Å².